The highest BCUT2D eigenvalue weighted by atomic mass is 35.5. The van der Waals surface area contributed by atoms with Crippen LogP contribution in [0.1, 0.15) is 11.1 Å². The van der Waals surface area contributed by atoms with Gasteiger partial charge in [-0.15, -0.1) is 0 Å². The number of hydrogen-bond acceptors (Lipinski definition) is 7. The van der Waals surface area contributed by atoms with E-state index in [-0.39, 0.29) is 5.92 Å². The van der Waals surface area contributed by atoms with Crippen LogP contribution in [0.5, 0.6) is 0 Å². The summed E-state index contributed by atoms with van der Waals surface area (Å²) in [7, 11) is -0.366. The van der Waals surface area contributed by atoms with Crippen LogP contribution < -0.4 is 5.32 Å². The summed E-state index contributed by atoms with van der Waals surface area (Å²) in [6.07, 6.45) is 4.35. The summed E-state index contributed by atoms with van der Waals surface area (Å²) >= 11 is 7.53. The molecule has 1 aromatic carbocycles. The summed E-state index contributed by atoms with van der Waals surface area (Å²) in [5, 5.41) is 4.77. The first-order valence-electron chi connectivity index (χ1n) is 10.9. The van der Waals surface area contributed by atoms with Crippen molar-refractivity contribution in [2.45, 2.75) is 13.3 Å². The van der Waals surface area contributed by atoms with E-state index in [9.17, 15) is 8.42 Å². The number of nitrogens with one attached hydrogen (secondary N) is 1. The first-order chi connectivity index (χ1) is 16.2. The predicted molar refractivity (Wildman–Crippen MR) is 137 cm³/mol. The standard InChI is InChI=1S/C23H28ClN5O3S2/c1-16-10-17(11-18-14-29(8-9-32-15-18)34(30,31)28(2)3)12-25-22(16)27-23-26-13-21(33-23)19-4-6-20(24)7-5-19/h4-7,10,12-13,18H,8-9,11,14-15H2,1-3H3,(H,25,26,27). The number of aryl methyl sites for hydroxylation is 1. The highest BCUT2D eigenvalue weighted by Crippen LogP contribution is 2.31. The molecule has 1 aliphatic heterocycles. The van der Waals surface area contributed by atoms with E-state index >= 15 is 0 Å². The molecular formula is C23H28ClN5O3S2. The highest BCUT2D eigenvalue weighted by Gasteiger charge is 2.29. The van der Waals surface area contributed by atoms with Gasteiger partial charge in [0.05, 0.1) is 18.1 Å². The van der Waals surface area contributed by atoms with Crippen LogP contribution in [0.25, 0.3) is 10.4 Å². The fourth-order valence-electron chi connectivity index (χ4n) is 3.80. The number of rotatable bonds is 7. The maximum Gasteiger partial charge on any atom is 0.281 e. The van der Waals surface area contributed by atoms with Gasteiger partial charge < -0.3 is 10.1 Å². The van der Waals surface area contributed by atoms with Crippen molar-refractivity contribution < 1.29 is 13.2 Å². The average molecular weight is 522 g/mol. The molecule has 1 fully saturated rings. The lowest BCUT2D eigenvalue weighted by Crippen LogP contribution is -2.43. The van der Waals surface area contributed by atoms with Crippen molar-refractivity contribution >= 4 is 44.1 Å². The summed E-state index contributed by atoms with van der Waals surface area (Å²) in [5.41, 5.74) is 3.10. The van der Waals surface area contributed by atoms with Crippen molar-refractivity contribution in [3.8, 4) is 10.4 Å². The molecule has 0 bridgehead atoms. The summed E-state index contributed by atoms with van der Waals surface area (Å²) in [4.78, 5) is 10.1. The highest BCUT2D eigenvalue weighted by molar-refractivity contribution is 7.86. The molecule has 0 spiro atoms. The number of thiazole rings is 1. The molecule has 0 aliphatic carbocycles. The van der Waals surface area contributed by atoms with E-state index in [4.69, 9.17) is 16.3 Å². The topological polar surface area (TPSA) is 87.7 Å². The van der Waals surface area contributed by atoms with Crippen LogP contribution in [0.4, 0.5) is 10.9 Å². The lowest BCUT2D eigenvalue weighted by atomic mass is 10.0. The van der Waals surface area contributed by atoms with Gasteiger partial charge in [-0.2, -0.15) is 17.0 Å². The van der Waals surface area contributed by atoms with Gasteiger partial charge in [0.2, 0.25) is 0 Å². The third-order valence-corrected chi connectivity index (χ3v) is 8.73. The first-order valence-corrected chi connectivity index (χ1v) is 13.5. The third-order valence-electron chi connectivity index (χ3n) is 5.61. The molecule has 1 atom stereocenters. The number of aromatic nitrogens is 2. The Hall–Kier alpha value is -2.08. The summed E-state index contributed by atoms with van der Waals surface area (Å²) in [5.74, 6) is 0.799. The fourth-order valence-corrected chi connectivity index (χ4v) is 5.92. The Morgan fingerprint density at radius 1 is 1.24 bits per heavy atom. The molecule has 1 unspecified atom stereocenters. The zero-order valence-electron chi connectivity index (χ0n) is 19.4. The normalized spacial score (nSPS) is 17.6. The Morgan fingerprint density at radius 3 is 2.71 bits per heavy atom. The first kappa shape index (κ1) is 25.0. The number of nitrogens with zero attached hydrogens (tertiary/aromatic N) is 4. The van der Waals surface area contributed by atoms with E-state index in [0.29, 0.717) is 37.7 Å². The molecule has 1 N–H and O–H groups in total. The largest absolute Gasteiger partial charge is 0.380 e. The molecule has 3 heterocycles. The van der Waals surface area contributed by atoms with Crippen molar-refractivity contribution in [3.63, 3.8) is 0 Å². The second-order valence-corrected chi connectivity index (χ2v) is 12.1. The molecule has 11 heteroatoms. The molecule has 0 saturated carbocycles. The summed E-state index contributed by atoms with van der Waals surface area (Å²) in [6, 6.07) is 9.75. The van der Waals surface area contributed by atoms with Gasteiger partial charge in [0.25, 0.3) is 10.2 Å². The second-order valence-electron chi connectivity index (χ2n) is 8.46. The quantitative estimate of drug-likeness (QED) is 0.501. The van der Waals surface area contributed by atoms with Crippen molar-refractivity contribution in [1.29, 1.82) is 0 Å². The van der Waals surface area contributed by atoms with Crippen molar-refractivity contribution in [3.05, 3.63) is 58.9 Å². The van der Waals surface area contributed by atoms with Gasteiger partial charge in [-0.1, -0.05) is 41.1 Å². The van der Waals surface area contributed by atoms with Gasteiger partial charge in [-0.3, -0.25) is 0 Å². The van der Waals surface area contributed by atoms with Crippen molar-refractivity contribution in [1.82, 2.24) is 18.6 Å². The molecule has 34 heavy (non-hydrogen) atoms. The van der Waals surface area contributed by atoms with Gasteiger partial charge in [0.1, 0.15) is 5.82 Å². The Kier molecular flexibility index (Phi) is 7.86. The Bertz CT molecular complexity index is 1230. The van der Waals surface area contributed by atoms with Crippen LogP contribution in [0.3, 0.4) is 0 Å². The van der Waals surface area contributed by atoms with E-state index in [0.717, 1.165) is 32.5 Å². The van der Waals surface area contributed by atoms with Gasteiger partial charge in [-0.25, -0.2) is 9.97 Å². The van der Waals surface area contributed by atoms with E-state index in [1.807, 2.05) is 43.6 Å². The predicted octanol–water partition coefficient (Wildman–Crippen LogP) is 4.21. The Morgan fingerprint density at radius 2 is 2.00 bits per heavy atom. The molecule has 2 aromatic heterocycles. The second kappa shape index (κ2) is 10.7. The molecule has 3 aromatic rings. The Labute approximate surface area is 209 Å². The Balaban J connectivity index is 1.43. The van der Waals surface area contributed by atoms with Crippen molar-refractivity contribution in [2.75, 3.05) is 45.7 Å². The van der Waals surface area contributed by atoms with Crippen LogP contribution >= 0.6 is 22.9 Å². The van der Waals surface area contributed by atoms with Gasteiger partial charge >= 0.3 is 0 Å². The average Bonchev–Trinajstić information content (AvgIpc) is 3.13. The molecule has 1 aliphatic rings. The minimum absolute atomic E-state index is 0.0538. The molecule has 8 nitrogen and oxygen atoms in total. The number of halogens is 1. The molecule has 0 amide bonds. The molecule has 0 radical (unpaired) electrons. The van der Waals surface area contributed by atoms with Crippen LogP contribution in [0.15, 0.2) is 42.7 Å². The van der Waals surface area contributed by atoms with Crippen molar-refractivity contribution in [2.24, 2.45) is 5.92 Å². The van der Waals surface area contributed by atoms with Gasteiger partial charge in [0.15, 0.2) is 5.13 Å². The van der Waals surface area contributed by atoms with Crippen LogP contribution in [0, 0.1) is 12.8 Å². The summed E-state index contributed by atoms with van der Waals surface area (Å²) < 4.78 is 33.6. The number of ether oxygens (including phenoxy) is 1. The minimum Gasteiger partial charge on any atom is -0.380 e. The SMILES string of the molecule is Cc1cc(CC2COCCN(S(=O)(=O)N(C)C)C2)cnc1Nc1ncc(-c2ccc(Cl)cc2)s1. The molecule has 182 valence electrons. The number of benzene rings is 1. The number of pyridine rings is 1. The van der Waals surface area contributed by atoms with Crippen LogP contribution in [-0.2, 0) is 21.4 Å². The van der Waals surface area contributed by atoms with E-state index < -0.39 is 10.2 Å². The smallest absolute Gasteiger partial charge is 0.281 e. The van der Waals surface area contributed by atoms with E-state index in [2.05, 4.69) is 21.4 Å². The summed E-state index contributed by atoms with van der Waals surface area (Å²) in [6.45, 7) is 3.70. The molecule has 1 saturated heterocycles. The number of anilines is 2. The lowest BCUT2D eigenvalue weighted by molar-refractivity contribution is 0.123. The monoisotopic (exact) mass is 521 g/mol. The van der Waals surface area contributed by atoms with Gasteiger partial charge in [-0.05, 0) is 42.2 Å². The van der Waals surface area contributed by atoms with Crippen LogP contribution in [-0.4, -0.2) is 67.4 Å². The third kappa shape index (κ3) is 5.94. The lowest BCUT2D eigenvalue weighted by Gasteiger charge is -2.26. The molecular weight excluding hydrogens is 494 g/mol. The maximum absolute atomic E-state index is 12.6. The maximum atomic E-state index is 12.6. The fraction of sp³-hybridized carbons (Fsp3) is 0.391. The van der Waals surface area contributed by atoms with Gasteiger partial charge in [0, 0.05) is 50.5 Å². The van der Waals surface area contributed by atoms with E-state index in [1.165, 1.54) is 8.61 Å². The molecule has 4 rings (SSSR count). The zero-order valence-corrected chi connectivity index (χ0v) is 21.8. The number of hydrogen-bond donors (Lipinski definition) is 1. The zero-order chi connectivity index (χ0) is 24.3. The van der Waals surface area contributed by atoms with E-state index in [1.54, 1.807) is 25.4 Å². The van der Waals surface area contributed by atoms with Crippen LogP contribution in [0.2, 0.25) is 5.02 Å². The minimum atomic E-state index is -3.47.